The summed E-state index contributed by atoms with van der Waals surface area (Å²) in [5.74, 6) is 0.650. The molecule has 3 nitrogen and oxygen atoms in total. The fourth-order valence-electron chi connectivity index (χ4n) is 3.39. The van der Waals surface area contributed by atoms with Crippen molar-refractivity contribution in [2.24, 2.45) is 17.3 Å². The monoisotopic (exact) mass is 315 g/mol. The van der Waals surface area contributed by atoms with Gasteiger partial charge in [0.25, 0.3) is 0 Å². The minimum Gasteiger partial charge on any atom is -0.338 e. The Morgan fingerprint density at radius 3 is 2.43 bits per heavy atom. The third-order valence-corrected chi connectivity index (χ3v) is 4.48. The molecule has 0 N–H and O–H groups in total. The van der Waals surface area contributed by atoms with E-state index in [4.69, 9.17) is 0 Å². The topological polar surface area (TPSA) is 37.4 Å². The summed E-state index contributed by atoms with van der Waals surface area (Å²) < 4.78 is 0. The van der Waals surface area contributed by atoms with Gasteiger partial charge in [-0.15, -0.1) is 0 Å². The van der Waals surface area contributed by atoms with Crippen molar-refractivity contribution < 1.29 is 9.59 Å². The first-order chi connectivity index (χ1) is 10.8. The van der Waals surface area contributed by atoms with E-state index >= 15 is 0 Å². The Hall–Kier alpha value is -1.64. The van der Waals surface area contributed by atoms with E-state index in [0.717, 1.165) is 12.1 Å². The molecular formula is C20H29NO2. The van der Waals surface area contributed by atoms with Crippen molar-refractivity contribution in [3.8, 4) is 0 Å². The highest BCUT2D eigenvalue weighted by Gasteiger charge is 2.35. The second kappa shape index (κ2) is 7.29. The van der Waals surface area contributed by atoms with Gasteiger partial charge < -0.3 is 4.90 Å². The molecule has 1 amide bonds. The molecule has 2 rings (SSSR count). The first-order valence-corrected chi connectivity index (χ1v) is 8.61. The molecule has 0 aliphatic heterocycles. The van der Waals surface area contributed by atoms with E-state index in [0.29, 0.717) is 31.6 Å². The first-order valence-electron chi connectivity index (χ1n) is 8.61. The van der Waals surface area contributed by atoms with E-state index in [1.54, 1.807) is 0 Å². The van der Waals surface area contributed by atoms with Crippen LogP contribution in [-0.4, -0.2) is 23.1 Å². The highest BCUT2D eigenvalue weighted by atomic mass is 16.2. The van der Waals surface area contributed by atoms with Crippen LogP contribution in [0.4, 0.5) is 0 Å². The molecule has 1 aromatic carbocycles. The summed E-state index contributed by atoms with van der Waals surface area (Å²) in [6.45, 7) is 9.90. The Labute approximate surface area is 140 Å². The van der Waals surface area contributed by atoms with Crippen LogP contribution in [-0.2, 0) is 16.1 Å². The number of hydrogen-bond donors (Lipinski definition) is 0. The molecule has 1 aromatic rings. The normalized spacial score (nSPS) is 22.0. The zero-order valence-corrected chi connectivity index (χ0v) is 14.8. The molecule has 1 saturated carbocycles. The van der Waals surface area contributed by atoms with Gasteiger partial charge in [0, 0.05) is 31.8 Å². The molecule has 0 heterocycles. The summed E-state index contributed by atoms with van der Waals surface area (Å²) in [5.41, 5.74) is 1.21. The Morgan fingerprint density at radius 2 is 1.87 bits per heavy atom. The second-order valence-electron chi connectivity index (χ2n) is 8.11. The van der Waals surface area contributed by atoms with Crippen molar-refractivity contribution in [3.05, 3.63) is 35.9 Å². The zero-order chi connectivity index (χ0) is 17.0. The SMILES string of the molecule is C[C@H]1CC(=O)CC[C@@H]1C(=O)N(Cc1ccccc1)CC(C)(C)C. The van der Waals surface area contributed by atoms with Crippen LogP contribution in [0.3, 0.4) is 0 Å². The van der Waals surface area contributed by atoms with Crippen LogP contribution in [0.1, 0.15) is 52.5 Å². The molecule has 1 aliphatic rings. The van der Waals surface area contributed by atoms with Crippen LogP contribution in [0, 0.1) is 17.3 Å². The molecule has 3 heteroatoms. The lowest BCUT2D eigenvalue weighted by molar-refractivity contribution is -0.141. The predicted molar refractivity (Wildman–Crippen MR) is 92.8 cm³/mol. The van der Waals surface area contributed by atoms with Crippen LogP contribution in [0.15, 0.2) is 30.3 Å². The number of Topliss-reactive ketones (excluding diaryl/α,β-unsaturated/α-hetero) is 1. The third kappa shape index (κ3) is 5.19. The number of nitrogens with zero attached hydrogens (tertiary/aromatic N) is 1. The third-order valence-electron chi connectivity index (χ3n) is 4.48. The highest BCUT2D eigenvalue weighted by molar-refractivity contribution is 5.85. The number of hydrogen-bond acceptors (Lipinski definition) is 2. The van der Waals surface area contributed by atoms with Gasteiger partial charge in [-0.1, -0.05) is 58.0 Å². The highest BCUT2D eigenvalue weighted by Crippen LogP contribution is 2.31. The number of ketones is 1. The standard InChI is InChI=1S/C20H29NO2/c1-15-12-17(22)10-11-18(15)19(23)21(14-20(2,3)4)13-16-8-6-5-7-9-16/h5-9,15,18H,10-14H2,1-4H3/t15-,18-/m0/s1. The quantitative estimate of drug-likeness (QED) is 0.840. The largest absolute Gasteiger partial charge is 0.338 e. The second-order valence-corrected chi connectivity index (χ2v) is 8.11. The number of benzene rings is 1. The molecule has 0 spiro atoms. The van der Waals surface area contributed by atoms with Gasteiger partial charge in [0.2, 0.25) is 5.91 Å². The van der Waals surface area contributed by atoms with E-state index in [-0.39, 0.29) is 23.2 Å². The van der Waals surface area contributed by atoms with Crippen LogP contribution in [0.25, 0.3) is 0 Å². The summed E-state index contributed by atoms with van der Waals surface area (Å²) in [6.07, 6.45) is 1.80. The summed E-state index contributed by atoms with van der Waals surface area (Å²) in [5, 5.41) is 0. The molecule has 0 unspecified atom stereocenters. The molecule has 1 fully saturated rings. The van der Waals surface area contributed by atoms with Crippen molar-refractivity contribution >= 4 is 11.7 Å². The maximum absolute atomic E-state index is 13.1. The number of carbonyl (C=O) groups excluding carboxylic acids is 2. The summed E-state index contributed by atoms with van der Waals surface area (Å²) in [4.78, 5) is 26.7. The van der Waals surface area contributed by atoms with Crippen molar-refractivity contribution in [1.29, 1.82) is 0 Å². The lowest BCUT2D eigenvalue weighted by atomic mass is 9.78. The van der Waals surface area contributed by atoms with Crippen LogP contribution < -0.4 is 0 Å². The Morgan fingerprint density at radius 1 is 1.22 bits per heavy atom. The molecule has 126 valence electrons. The van der Waals surface area contributed by atoms with Crippen molar-refractivity contribution in [3.63, 3.8) is 0 Å². The van der Waals surface area contributed by atoms with Crippen molar-refractivity contribution in [2.75, 3.05) is 6.54 Å². The van der Waals surface area contributed by atoms with E-state index < -0.39 is 0 Å². The minimum atomic E-state index is -0.0150. The van der Waals surface area contributed by atoms with E-state index in [9.17, 15) is 9.59 Å². The molecule has 0 bridgehead atoms. The maximum Gasteiger partial charge on any atom is 0.226 e. The number of carbonyl (C=O) groups is 2. The zero-order valence-electron chi connectivity index (χ0n) is 14.8. The smallest absolute Gasteiger partial charge is 0.226 e. The predicted octanol–water partition coefficient (Wildman–Crippen LogP) is 4.07. The van der Waals surface area contributed by atoms with Crippen molar-refractivity contribution in [1.82, 2.24) is 4.90 Å². The summed E-state index contributed by atoms with van der Waals surface area (Å²) >= 11 is 0. The Kier molecular flexibility index (Phi) is 5.61. The lowest BCUT2D eigenvalue weighted by Crippen LogP contribution is -2.44. The summed E-state index contributed by atoms with van der Waals surface area (Å²) in [7, 11) is 0. The molecular weight excluding hydrogens is 286 g/mol. The van der Waals surface area contributed by atoms with Gasteiger partial charge in [-0.3, -0.25) is 9.59 Å². The Bertz CT molecular complexity index is 545. The number of rotatable bonds is 4. The summed E-state index contributed by atoms with van der Waals surface area (Å²) in [6, 6.07) is 10.1. The van der Waals surface area contributed by atoms with Gasteiger partial charge in [0.15, 0.2) is 0 Å². The van der Waals surface area contributed by atoms with Gasteiger partial charge in [-0.2, -0.15) is 0 Å². The van der Waals surface area contributed by atoms with Gasteiger partial charge in [0.1, 0.15) is 5.78 Å². The fourth-order valence-corrected chi connectivity index (χ4v) is 3.39. The van der Waals surface area contributed by atoms with Gasteiger partial charge in [-0.25, -0.2) is 0 Å². The number of amides is 1. The van der Waals surface area contributed by atoms with Gasteiger partial charge in [0.05, 0.1) is 0 Å². The minimum absolute atomic E-state index is 0.0150. The van der Waals surface area contributed by atoms with Crippen molar-refractivity contribution in [2.45, 2.75) is 53.5 Å². The van der Waals surface area contributed by atoms with Crippen LogP contribution in [0.2, 0.25) is 0 Å². The molecule has 23 heavy (non-hydrogen) atoms. The van der Waals surface area contributed by atoms with E-state index in [2.05, 4.69) is 32.9 Å². The molecule has 0 aromatic heterocycles. The van der Waals surface area contributed by atoms with Gasteiger partial charge >= 0.3 is 0 Å². The average Bonchev–Trinajstić information content (AvgIpc) is 2.45. The van der Waals surface area contributed by atoms with E-state index in [1.807, 2.05) is 30.0 Å². The fraction of sp³-hybridized carbons (Fsp3) is 0.600. The Balaban J connectivity index is 2.15. The maximum atomic E-state index is 13.1. The molecule has 0 saturated heterocycles. The first kappa shape index (κ1) is 17.7. The van der Waals surface area contributed by atoms with E-state index in [1.165, 1.54) is 0 Å². The van der Waals surface area contributed by atoms with Gasteiger partial charge in [-0.05, 0) is 23.3 Å². The van der Waals surface area contributed by atoms with Crippen LogP contribution in [0.5, 0.6) is 0 Å². The molecule has 2 atom stereocenters. The molecule has 1 aliphatic carbocycles. The lowest BCUT2D eigenvalue weighted by Gasteiger charge is -2.36. The van der Waals surface area contributed by atoms with Crippen LogP contribution >= 0.6 is 0 Å². The molecule has 0 radical (unpaired) electrons. The average molecular weight is 315 g/mol.